The van der Waals surface area contributed by atoms with Gasteiger partial charge in [0, 0.05) is 12.8 Å². The van der Waals surface area contributed by atoms with Crippen LogP contribution in [0.25, 0.3) is 0 Å². The number of hydrogen-bond acceptors (Lipinski definition) is 7. The van der Waals surface area contributed by atoms with Gasteiger partial charge in [-0.1, -0.05) is 437 Å². The molecule has 0 aliphatic rings. The van der Waals surface area contributed by atoms with Gasteiger partial charge >= 0.3 is 17.9 Å². The van der Waals surface area contributed by atoms with Crippen LogP contribution in [0.1, 0.15) is 476 Å². The lowest BCUT2D eigenvalue weighted by Crippen LogP contribution is -2.40. The minimum absolute atomic E-state index is 0.172. The summed E-state index contributed by atoms with van der Waals surface area (Å²) in [5.74, 6) is -1.96. The summed E-state index contributed by atoms with van der Waals surface area (Å²) in [6.45, 7) is 4.98. The quantitative estimate of drug-likeness (QED) is 0.0211. The summed E-state index contributed by atoms with van der Waals surface area (Å²) in [6, 6.07) is 0. The Labute approximate surface area is 606 Å². The first-order valence-electron chi connectivity index (χ1n) is 43.9. The lowest BCUT2D eigenvalue weighted by atomic mass is 10.0. The van der Waals surface area contributed by atoms with Crippen LogP contribution in [0.2, 0.25) is 0 Å². The van der Waals surface area contributed by atoms with Crippen LogP contribution in [-0.2, 0) is 33.3 Å². The summed E-state index contributed by atoms with van der Waals surface area (Å²) < 4.78 is 23.1. The molecule has 97 heavy (non-hydrogen) atoms. The number of carboxylic acid groups (broad SMARTS) is 1. The molecule has 0 bridgehead atoms. The van der Waals surface area contributed by atoms with Gasteiger partial charge in [0.2, 0.25) is 0 Å². The molecule has 0 aliphatic carbocycles. The predicted molar refractivity (Wildman–Crippen MR) is 420 cm³/mol. The zero-order valence-electron chi connectivity index (χ0n) is 66.3. The first kappa shape index (κ1) is 95.0. The number of ether oxygens (including phenoxy) is 4. The molecule has 0 rings (SSSR count). The molecular weight excluding hydrogens is 1200 g/mol. The van der Waals surface area contributed by atoms with Gasteiger partial charge in [0.15, 0.2) is 6.10 Å². The van der Waals surface area contributed by atoms with Crippen LogP contribution in [0.15, 0.2) is 12.2 Å². The molecule has 0 aromatic heterocycles. The molecule has 0 saturated heterocycles. The monoisotopic (exact) mass is 1370 g/mol. The van der Waals surface area contributed by atoms with E-state index in [1.165, 1.54) is 411 Å². The molecule has 0 heterocycles. The van der Waals surface area contributed by atoms with Crippen molar-refractivity contribution in [3.05, 3.63) is 12.2 Å². The van der Waals surface area contributed by atoms with Gasteiger partial charge in [-0.15, -0.1) is 0 Å². The van der Waals surface area contributed by atoms with Gasteiger partial charge in [-0.05, 0) is 38.5 Å². The average Bonchev–Trinajstić information content (AvgIpc) is 3.74. The normalized spacial score (nSPS) is 12.5. The third kappa shape index (κ3) is 81.2. The van der Waals surface area contributed by atoms with Crippen LogP contribution in [0.4, 0.5) is 0 Å². The van der Waals surface area contributed by atoms with Gasteiger partial charge in [-0.25, -0.2) is 4.79 Å². The van der Waals surface area contributed by atoms with E-state index in [0.717, 1.165) is 38.5 Å². The average molecular weight is 1370 g/mol. The number of quaternary nitrogens is 1. The molecule has 0 aromatic carbocycles. The van der Waals surface area contributed by atoms with Crippen LogP contribution in [0.5, 0.6) is 0 Å². The maximum Gasteiger partial charge on any atom is 0.361 e. The topological polar surface area (TPSA) is 108 Å². The Bertz CT molecular complexity index is 1600. The fourth-order valence-corrected chi connectivity index (χ4v) is 13.8. The minimum Gasteiger partial charge on any atom is -0.477 e. The third-order valence-electron chi connectivity index (χ3n) is 20.5. The highest BCUT2D eigenvalue weighted by molar-refractivity contribution is 5.71. The van der Waals surface area contributed by atoms with Crippen LogP contribution in [0.3, 0.4) is 0 Å². The molecule has 1 N–H and O–H groups in total. The molecule has 0 radical (unpaired) electrons. The molecule has 0 saturated carbocycles. The van der Waals surface area contributed by atoms with Crippen molar-refractivity contribution in [2.75, 3.05) is 47.5 Å². The summed E-state index contributed by atoms with van der Waals surface area (Å²) in [4.78, 5) is 37.8. The van der Waals surface area contributed by atoms with Crippen molar-refractivity contribution >= 4 is 17.9 Å². The second-order valence-electron chi connectivity index (χ2n) is 31.6. The summed E-state index contributed by atoms with van der Waals surface area (Å²) >= 11 is 0. The van der Waals surface area contributed by atoms with Gasteiger partial charge in [-0.3, -0.25) is 9.59 Å². The van der Waals surface area contributed by atoms with E-state index in [-0.39, 0.29) is 38.2 Å². The highest BCUT2D eigenvalue weighted by Crippen LogP contribution is 2.21. The number of likely N-dealkylation sites (N-methyl/N-ethyl adjacent to an activating group) is 1. The third-order valence-corrected chi connectivity index (χ3v) is 20.5. The van der Waals surface area contributed by atoms with Gasteiger partial charge in [0.1, 0.15) is 13.2 Å². The summed E-state index contributed by atoms with van der Waals surface area (Å²) in [5.41, 5.74) is 0. The van der Waals surface area contributed by atoms with Crippen molar-refractivity contribution in [1.29, 1.82) is 0 Å². The standard InChI is InChI=1S/C88H171NO8/c1-6-8-10-12-14-16-18-20-22-24-26-28-30-32-34-36-38-40-42-43-45-46-48-50-52-54-56-58-60-62-64-66-68-70-72-74-76-78-85(90)95-82-84(83-96-88(87(92)93)94-81-80-89(3,4)5)97-86(91)79-77-75-73-71-69-67-65-63-61-59-57-55-53-51-49-47-44-41-39-37-35-33-31-29-27-25-23-21-19-17-15-13-11-9-7-2/h25,27,84,88H,6-24,26,28-83H2,1-5H3/p+1/b27-25-. The van der Waals surface area contributed by atoms with E-state index in [0.29, 0.717) is 17.4 Å². The molecule has 0 fully saturated rings. The summed E-state index contributed by atoms with van der Waals surface area (Å²) in [5, 5.41) is 9.79. The molecule has 0 aromatic rings. The number of carboxylic acids is 1. The summed E-state index contributed by atoms with van der Waals surface area (Å²) in [6.07, 6.45) is 98.4. The molecule has 0 aliphatic heterocycles. The first-order valence-corrected chi connectivity index (χ1v) is 43.9. The molecule has 2 unspecified atom stereocenters. The van der Waals surface area contributed by atoms with E-state index < -0.39 is 18.4 Å². The molecular formula is C88H172NO8+. The minimum atomic E-state index is -1.51. The van der Waals surface area contributed by atoms with E-state index >= 15 is 0 Å². The lowest BCUT2D eigenvalue weighted by molar-refractivity contribution is -0.870. The largest absolute Gasteiger partial charge is 0.477 e. The van der Waals surface area contributed by atoms with E-state index in [9.17, 15) is 19.5 Å². The van der Waals surface area contributed by atoms with Crippen molar-refractivity contribution in [2.24, 2.45) is 0 Å². The second kappa shape index (κ2) is 79.7. The maximum absolute atomic E-state index is 13.0. The molecule has 9 heteroatoms. The number of nitrogens with zero attached hydrogens (tertiary/aromatic N) is 1. The Morgan fingerprint density at radius 3 is 0.763 bits per heavy atom. The van der Waals surface area contributed by atoms with Gasteiger partial charge in [0.05, 0.1) is 34.4 Å². The van der Waals surface area contributed by atoms with Crippen LogP contribution < -0.4 is 0 Å². The Kier molecular flexibility index (Phi) is 78.1. The Morgan fingerprint density at radius 1 is 0.299 bits per heavy atom. The molecule has 576 valence electrons. The zero-order valence-corrected chi connectivity index (χ0v) is 66.3. The zero-order chi connectivity index (χ0) is 70.4. The van der Waals surface area contributed by atoms with E-state index in [1.54, 1.807) is 0 Å². The number of carbonyl (C=O) groups is 3. The van der Waals surface area contributed by atoms with E-state index in [4.69, 9.17) is 18.9 Å². The molecule has 0 amide bonds. The van der Waals surface area contributed by atoms with Crippen molar-refractivity contribution in [2.45, 2.75) is 489 Å². The Balaban J connectivity index is 3.90. The summed E-state index contributed by atoms with van der Waals surface area (Å²) in [7, 11) is 6.01. The molecule has 2 atom stereocenters. The van der Waals surface area contributed by atoms with Crippen molar-refractivity contribution in [1.82, 2.24) is 0 Å². The fraction of sp³-hybridized carbons (Fsp3) is 0.943. The van der Waals surface area contributed by atoms with Crippen LogP contribution in [-0.4, -0.2) is 87.4 Å². The SMILES string of the molecule is CCCCCCCCCC/C=C\CCCCCCCCCCCCCCCCCCCCCCCCCC(=O)OC(COC(=O)CCCCCCCCCCCCCCCCCCCCCCCCCCCCCCCCCCCCCCC)COC(OCC[N+](C)(C)C)C(=O)O. The van der Waals surface area contributed by atoms with Crippen molar-refractivity contribution in [3.63, 3.8) is 0 Å². The Morgan fingerprint density at radius 2 is 0.526 bits per heavy atom. The molecule has 0 spiro atoms. The number of hydrogen-bond donors (Lipinski definition) is 1. The van der Waals surface area contributed by atoms with Gasteiger partial charge < -0.3 is 28.5 Å². The van der Waals surface area contributed by atoms with Gasteiger partial charge in [-0.2, -0.15) is 0 Å². The lowest BCUT2D eigenvalue weighted by Gasteiger charge is -2.25. The molecule has 9 nitrogen and oxygen atoms in total. The number of allylic oxidation sites excluding steroid dienone is 2. The number of aliphatic carboxylic acids is 1. The van der Waals surface area contributed by atoms with Crippen LogP contribution in [0, 0.1) is 0 Å². The smallest absolute Gasteiger partial charge is 0.361 e. The van der Waals surface area contributed by atoms with Crippen LogP contribution >= 0.6 is 0 Å². The Hall–Kier alpha value is -1.97. The highest BCUT2D eigenvalue weighted by atomic mass is 16.7. The van der Waals surface area contributed by atoms with E-state index in [1.807, 2.05) is 21.1 Å². The van der Waals surface area contributed by atoms with Gasteiger partial charge in [0.25, 0.3) is 6.29 Å². The number of rotatable bonds is 84. The van der Waals surface area contributed by atoms with Crippen molar-refractivity contribution in [3.8, 4) is 0 Å². The highest BCUT2D eigenvalue weighted by Gasteiger charge is 2.25. The first-order chi connectivity index (χ1) is 47.6. The maximum atomic E-state index is 13.0. The number of carbonyl (C=O) groups excluding carboxylic acids is 2. The van der Waals surface area contributed by atoms with Crippen molar-refractivity contribution < 1.29 is 42.9 Å². The van der Waals surface area contributed by atoms with E-state index in [2.05, 4.69) is 26.0 Å². The second-order valence-corrected chi connectivity index (χ2v) is 31.6. The predicted octanol–water partition coefficient (Wildman–Crippen LogP) is 28.3. The number of unbranched alkanes of at least 4 members (excludes halogenated alkanes) is 67. The number of esters is 2. The fourth-order valence-electron chi connectivity index (χ4n) is 13.8.